The highest BCUT2D eigenvalue weighted by molar-refractivity contribution is 7.89. The molecule has 1 aliphatic rings. The normalized spacial score (nSPS) is 16.6. The van der Waals surface area contributed by atoms with E-state index in [2.05, 4.69) is 15.3 Å². The van der Waals surface area contributed by atoms with E-state index in [1.807, 2.05) is 13.8 Å². The molecule has 36 heavy (non-hydrogen) atoms. The van der Waals surface area contributed by atoms with Crippen LogP contribution in [0.1, 0.15) is 66.0 Å². The Hall–Kier alpha value is -3.38. The minimum absolute atomic E-state index is 0.0325. The van der Waals surface area contributed by atoms with E-state index in [1.54, 1.807) is 13.8 Å². The van der Waals surface area contributed by atoms with Crippen LogP contribution >= 0.6 is 0 Å². The molecule has 0 bridgehead atoms. The van der Waals surface area contributed by atoms with Crippen LogP contribution in [0.5, 0.6) is 0 Å². The molecule has 1 N–H and O–H groups in total. The van der Waals surface area contributed by atoms with Gasteiger partial charge in [-0.3, -0.25) is 9.59 Å². The number of esters is 1. The number of piperazine rings is 1. The largest absolute Gasteiger partial charge is 0.465 e. The summed E-state index contributed by atoms with van der Waals surface area (Å²) in [6, 6.07) is 5.39. The summed E-state index contributed by atoms with van der Waals surface area (Å²) in [7, 11) is -2.61. The van der Waals surface area contributed by atoms with Gasteiger partial charge in [-0.15, -0.1) is 0 Å². The van der Waals surface area contributed by atoms with Crippen LogP contribution in [0.15, 0.2) is 29.2 Å². The number of aromatic nitrogens is 2. The van der Waals surface area contributed by atoms with E-state index in [0.29, 0.717) is 17.2 Å². The molecule has 0 radical (unpaired) electrons. The molecular weight excluding hydrogens is 486 g/mol. The van der Waals surface area contributed by atoms with Crippen molar-refractivity contribution in [3.8, 4) is 0 Å². The molecule has 2 amide bonds. The Morgan fingerprint density at radius 3 is 2.28 bits per heavy atom. The maximum Gasteiger partial charge on any atom is 0.342 e. The van der Waals surface area contributed by atoms with Gasteiger partial charge in [-0.25, -0.2) is 23.2 Å². The first-order valence-electron chi connectivity index (χ1n) is 11.5. The number of nitrogens with one attached hydrogen (secondary N) is 1. The van der Waals surface area contributed by atoms with Crippen molar-refractivity contribution in [2.75, 3.05) is 32.1 Å². The highest BCUT2D eigenvalue weighted by Gasteiger charge is 2.37. The minimum atomic E-state index is -3.84. The molecule has 1 aliphatic heterocycles. The van der Waals surface area contributed by atoms with Gasteiger partial charge in [0.2, 0.25) is 15.9 Å². The topological polar surface area (TPSA) is 139 Å². The second kappa shape index (κ2) is 10.7. The van der Waals surface area contributed by atoms with Crippen LogP contribution in [0.3, 0.4) is 0 Å². The number of hydrogen-bond donors (Lipinski definition) is 1. The molecule has 2 heterocycles. The monoisotopic (exact) mass is 517 g/mol. The van der Waals surface area contributed by atoms with Gasteiger partial charge in [-0.05, 0) is 44.0 Å². The van der Waals surface area contributed by atoms with Gasteiger partial charge in [-0.2, -0.15) is 4.31 Å². The predicted molar refractivity (Wildman–Crippen MR) is 132 cm³/mol. The number of carbonyl (C=O) groups excluding carboxylic acids is 3. The first kappa shape index (κ1) is 27.2. The van der Waals surface area contributed by atoms with Crippen molar-refractivity contribution in [3.63, 3.8) is 0 Å². The standard InChI is InChI=1S/C24H31N5O6S/c1-14(2)21-20(24(32)35-6)22(26-16(4)25-21)23(31)28-11-12-29(15(3)13-28)36(33,34)19-9-7-18(8-10-19)27-17(5)30/h7-10,14-15H,11-13H2,1-6H3,(H,27,30). The number of nitrogens with zero attached hydrogens (tertiary/aromatic N) is 4. The Balaban J connectivity index is 1.85. The first-order valence-corrected chi connectivity index (χ1v) is 13.0. The second-order valence-electron chi connectivity index (χ2n) is 8.95. The molecule has 1 aromatic heterocycles. The van der Waals surface area contributed by atoms with E-state index in [-0.39, 0.29) is 47.6 Å². The van der Waals surface area contributed by atoms with E-state index in [4.69, 9.17) is 4.74 Å². The average molecular weight is 518 g/mol. The third kappa shape index (κ3) is 5.54. The lowest BCUT2D eigenvalue weighted by molar-refractivity contribution is -0.114. The molecule has 0 spiro atoms. The maximum atomic E-state index is 13.5. The van der Waals surface area contributed by atoms with Crippen LogP contribution in [0.25, 0.3) is 0 Å². The summed E-state index contributed by atoms with van der Waals surface area (Å²) in [6.45, 7) is 8.75. The van der Waals surface area contributed by atoms with Crippen molar-refractivity contribution in [3.05, 3.63) is 47.0 Å². The Morgan fingerprint density at radius 2 is 1.75 bits per heavy atom. The molecule has 194 valence electrons. The fourth-order valence-corrected chi connectivity index (χ4v) is 5.76. The van der Waals surface area contributed by atoms with Gasteiger partial charge < -0.3 is 15.0 Å². The summed E-state index contributed by atoms with van der Waals surface area (Å²) >= 11 is 0. The zero-order valence-electron chi connectivity index (χ0n) is 21.2. The van der Waals surface area contributed by atoms with Crippen molar-refractivity contribution in [1.82, 2.24) is 19.2 Å². The lowest BCUT2D eigenvalue weighted by Gasteiger charge is -2.39. The smallest absolute Gasteiger partial charge is 0.342 e. The number of ether oxygens (including phenoxy) is 1. The molecule has 1 fully saturated rings. The van der Waals surface area contributed by atoms with E-state index in [9.17, 15) is 22.8 Å². The fraction of sp³-hybridized carbons (Fsp3) is 0.458. The Labute approximate surface area is 210 Å². The molecule has 0 saturated carbocycles. The molecule has 1 atom stereocenters. The van der Waals surface area contributed by atoms with Crippen molar-refractivity contribution in [2.45, 2.75) is 51.5 Å². The summed E-state index contributed by atoms with van der Waals surface area (Å²) < 4.78 is 32.8. The quantitative estimate of drug-likeness (QED) is 0.576. The maximum absolute atomic E-state index is 13.5. The van der Waals surface area contributed by atoms with E-state index < -0.39 is 27.9 Å². The highest BCUT2D eigenvalue weighted by Crippen LogP contribution is 2.26. The molecule has 2 aromatic rings. The lowest BCUT2D eigenvalue weighted by atomic mass is 10.0. The molecule has 1 aromatic carbocycles. The van der Waals surface area contributed by atoms with Crippen molar-refractivity contribution >= 4 is 33.5 Å². The predicted octanol–water partition coefficient (Wildman–Crippen LogP) is 2.19. The van der Waals surface area contributed by atoms with Gasteiger partial charge in [0.15, 0.2) is 0 Å². The fourth-order valence-electron chi connectivity index (χ4n) is 4.15. The molecule has 1 unspecified atom stereocenters. The van der Waals surface area contributed by atoms with Crippen molar-refractivity contribution < 1.29 is 27.5 Å². The first-order chi connectivity index (χ1) is 16.9. The SMILES string of the molecule is COC(=O)c1c(C(=O)N2CCN(S(=O)(=O)c3ccc(NC(C)=O)cc3)C(C)C2)nc(C)nc1C(C)C. The minimum Gasteiger partial charge on any atom is -0.465 e. The number of sulfonamides is 1. The Morgan fingerprint density at radius 1 is 1.11 bits per heavy atom. The number of amides is 2. The van der Waals surface area contributed by atoms with Crippen LogP contribution in [0, 0.1) is 6.92 Å². The van der Waals surface area contributed by atoms with Crippen LogP contribution in [-0.2, 0) is 19.6 Å². The molecule has 3 rings (SSSR count). The zero-order chi connectivity index (χ0) is 26.8. The van der Waals surface area contributed by atoms with E-state index in [0.717, 1.165) is 0 Å². The molecule has 12 heteroatoms. The molecular formula is C24H31N5O6S. The molecule has 1 saturated heterocycles. The molecule has 0 aliphatic carbocycles. The number of hydrogen-bond acceptors (Lipinski definition) is 8. The van der Waals surface area contributed by atoms with Gasteiger partial charge in [0.1, 0.15) is 17.1 Å². The summed E-state index contributed by atoms with van der Waals surface area (Å²) in [5.74, 6) is -1.22. The van der Waals surface area contributed by atoms with Crippen LogP contribution in [0.2, 0.25) is 0 Å². The second-order valence-corrected chi connectivity index (χ2v) is 10.8. The van der Waals surface area contributed by atoms with Crippen molar-refractivity contribution in [2.24, 2.45) is 0 Å². The summed E-state index contributed by atoms with van der Waals surface area (Å²) in [4.78, 5) is 47.5. The van der Waals surface area contributed by atoms with Gasteiger partial charge >= 0.3 is 5.97 Å². The van der Waals surface area contributed by atoms with E-state index >= 15 is 0 Å². The van der Waals surface area contributed by atoms with Gasteiger partial charge in [0.05, 0.1) is 17.7 Å². The summed E-state index contributed by atoms with van der Waals surface area (Å²) in [6.07, 6.45) is 0. The third-order valence-electron chi connectivity index (χ3n) is 5.82. The lowest BCUT2D eigenvalue weighted by Crippen LogP contribution is -2.55. The third-order valence-corrected chi connectivity index (χ3v) is 7.85. The Kier molecular flexibility index (Phi) is 8.09. The number of anilines is 1. The number of methoxy groups -OCH3 is 1. The summed E-state index contributed by atoms with van der Waals surface area (Å²) in [5, 5.41) is 2.60. The van der Waals surface area contributed by atoms with Crippen LogP contribution in [0.4, 0.5) is 5.69 Å². The number of benzene rings is 1. The number of carbonyl (C=O) groups is 3. The number of rotatable bonds is 6. The van der Waals surface area contributed by atoms with Gasteiger partial charge in [-0.1, -0.05) is 13.8 Å². The Bertz CT molecular complexity index is 1280. The highest BCUT2D eigenvalue weighted by atomic mass is 32.2. The van der Waals surface area contributed by atoms with E-state index in [1.165, 1.54) is 47.5 Å². The molecule has 11 nitrogen and oxygen atoms in total. The average Bonchev–Trinajstić information content (AvgIpc) is 2.82. The number of aryl methyl sites for hydroxylation is 1. The van der Waals surface area contributed by atoms with Crippen molar-refractivity contribution in [1.29, 1.82) is 0 Å². The van der Waals surface area contributed by atoms with Gasteiger partial charge in [0.25, 0.3) is 5.91 Å². The van der Waals surface area contributed by atoms with Crippen LogP contribution < -0.4 is 5.32 Å². The van der Waals surface area contributed by atoms with Crippen LogP contribution in [-0.4, -0.2) is 78.2 Å². The zero-order valence-corrected chi connectivity index (χ0v) is 22.0. The van der Waals surface area contributed by atoms with Gasteiger partial charge in [0, 0.05) is 38.3 Å². The summed E-state index contributed by atoms with van der Waals surface area (Å²) in [5.41, 5.74) is 0.905.